The molecule has 4 heteroatoms. The second-order valence-electron chi connectivity index (χ2n) is 4.79. The summed E-state index contributed by atoms with van der Waals surface area (Å²) in [6, 6.07) is 1.88. The first-order chi connectivity index (χ1) is 9.72. The lowest BCUT2D eigenvalue weighted by atomic mass is 10.1. The molecule has 3 nitrogen and oxygen atoms in total. The fraction of sp³-hybridized carbons (Fsp3) is 0.562. The Hall–Kier alpha value is -1.24. The summed E-state index contributed by atoms with van der Waals surface area (Å²) < 4.78 is 11.1. The minimum Gasteiger partial charge on any atom is -0.490 e. The van der Waals surface area contributed by atoms with Crippen molar-refractivity contribution in [3.63, 3.8) is 0 Å². The lowest BCUT2D eigenvalue weighted by Gasteiger charge is -2.08. The molecule has 0 aliphatic heterocycles. The molecule has 0 saturated carbocycles. The maximum absolute atomic E-state index is 5.58. The summed E-state index contributed by atoms with van der Waals surface area (Å²) in [4.78, 5) is 4.10. The second kappa shape index (κ2) is 10.5. The van der Waals surface area contributed by atoms with Crippen LogP contribution in [0.1, 0.15) is 32.3 Å². The molecular weight excluding hydrogens is 274 g/mol. The highest BCUT2D eigenvalue weighted by Crippen LogP contribution is 2.10. The van der Waals surface area contributed by atoms with Crippen molar-refractivity contribution < 1.29 is 9.47 Å². The smallest absolute Gasteiger partial charge is 0.138 e. The van der Waals surface area contributed by atoms with Gasteiger partial charge in [-0.15, -0.1) is 11.6 Å². The van der Waals surface area contributed by atoms with Crippen molar-refractivity contribution in [1.29, 1.82) is 0 Å². The number of halogens is 1. The van der Waals surface area contributed by atoms with E-state index in [9.17, 15) is 0 Å². The normalized spacial score (nSPS) is 10.2. The molecule has 0 aliphatic carbocycles. The van der Waals surface area contributed by atoms with Crippen LogP contribution in [0.15, 0.2) is 18.5 Å². The van der Waals surface area contributed by atoms with Gasteiger partial charge in [0.15, 0.2) is 0 Å². The Labute approximate surface area is 126 Å². The Morgan fingerprint density at radius 1 is 1.25 bits per heavy atom. The third-order valence-electron chi connectivity index (χ3n) is 2.50. The highest BCUT2D eigenvalue weighted by atomic mass is 35.5. The van der Waals surface area contributed by atoms with E-state index in [1.807, 2.05) is 6.07 Å². The lowest BCUT2D eigenvalue weighted by Crippen LogP contribution is -2.08. The first-order valence-electron chi connectivity index (χ1n) is 6.93. The van der Waals surface area contributed by atoms with Crippen molar-refractivity contribution in [2.45, 2.75) is 26.7 Å². The molecule has 0 spiro atoms. The minimum absolute atomic E-state index is 0.526. The van der Waals surface area contributed by atoms with Gasteiger partial charge in [-0.25, -0.2) is 0 Å². The molecule has 0 fully saturated rings. The molecule has 20 heavy (non-hydrogen) atoms. The van der Waals surface area contributed by atoms with Crippen LogP contribution in [0.25, 0.3) is 0 Å². The molecule has 0 N–H and O–H groups in total. The highest BCUT2D eigenvalue weighted by Gasteiger charge is 1.97. The van der Waals surface area contributed by atoms with E-state index in [0.717, 1.165) is 24.3 Å². The number of ether oxygens (including phenoxy) is 2. The van der Waals surface area contributed by atoms with Gasteiger partial charge in [0.05, 0.1) is 12.8 Å². The molecular formula is C16H22ClNO2. The van der Waals surface area contributed by atoms with Crippen molar-refractivity contribution >= 4 is 11.6 Å². The van der Waals surface area contributed by atoms with Gasteiger partial charge in [0.1, 0.15) is 12.4 Å². The van der Waals surface area contributed by atoms with Crippen molar-refractivity contribution in [2.24, 2.45) is 5.92 Å². The van der Waals surface area contributed by atoms with Gasteiger partial charge in [0.25, 0.3) is 0 Å². The zero-order valence-corrected chi connectivity index (χ0v) is 12.9. The van der Waals surface area contributed by atoms with E-state index >= 15 is 0 Å². The van der Waals surface area contributed by atoms with Crippen LogP contribution in [0, 0.1) is 17.8 Å². The Bertz CT molecular complexity index is 438. The summed E-state index contributed by atoms with van der Waals surface area (Å²) in [6.45, 7) is 6.26. The second-order valence-corrected chi connectivity index (χ2v) is 5.17. The van der Waals surface area contributed by atoms with Crippen LogP contribution in [0.2, 0.25) is 0 Å². The third-order valence-corrected chi connectivity index (χ3v) is 2.69. The molecule has 0 saturated heterocycles. The number of pyridine rings is 1. The van der Waals surface area contributed by atoms with Crippen molar-refractivity contribution in [1.82, 2.24) is 4.98 Å². The quantitative estimate of drug-likeness (QED) is 0.418. The van der Waals surface area contributed by atoms with Crippen LogP contribution in [0.4, 0.5) is 0 Å². The van der Waals surface area contributed by atoms with Gasteiger partial charge in [-0.1, -0.05) is 25.7 Å². The number of nitrogens with zero attached hydrogens (tertiary/aromatic N) is 1. The number of hydrogen-bond donors (Lipinski definition) is 0. The number of aromatic nitrogens is 1. The fourth-order valence-electron chi connectivity index (χ4n) is 1.42. The first kappa shape index (κ1) is 16.8. The third kappa shape index (κ3) is 8.04. The lowest BCUT2D eigenvalue weighted by molar-refractivity contribution is 0.0924. The Kier molecular flexibility index (Phi) is 8.86. The van der Waals surface area contributed by atoms with Gasteiger partial charge in [-0.2, -0.15) is 0 Å². The first-order valence-corrected chi connectivity index (χ1v) is 7.46. The average Bonchev–Trinajstić information content (AvgIpc) is 2.43. The Balaban J connectivity index is 2.27. The van der Waals surface area contributed by atoms with Gasteiger partial charge in [-0.3, -0.25) is 4.98 Å². The van der Waals surface area contributed by atoms with Crippen LogP contribution in [-0.4, -0.2) is 30.7 Å². The zero-order chi connectivity index (χ0) is 14.6. The molecule has 1 aromatic heterocycles. The molecule has 1 aromatic rings. The maximum Gasteiger partial charge on any atom is 0.138 e. The van der Waals surface area contributed by atoms with Crippen molar-refractivity contribution in [3.05, 3.63) is 24.0 Å². The highest BCUT2D eigenvalue weighted by molar-refractivity contribution is 6.18. The van der Waals surface area contributed by atoms with E-state index in [-0.39, 0.29) is 0 Å². The van der Waals surface area contributed by atoms with Gasteiger partial charge in [0, 0.05) is 30.7 Å². The van der Waals surface area contributed by atoms with E-state index in [4.69, 9.17) is 21.1 Å². The van der Waals surface area contributed by atoms with Gasteiger partial charge < -0.3 is 9.47 Å². The summed E-state index contributed by atoms with van der Waals surface area (Å²) >= 11 is 5.57. The fourth-order valence-corrected chi connectivity index (χ4v) is 1.51. The molecule has 1 rings (SSSR count). The van der Waals surface area contributed by atoms with Crippen LogP contribution in [0.3, 0.4) is 0 Å². The molecule has 0 aliphatic rings. The summed E-state index contributed by atoms with van der Waals surface area (Å²) in [5, 5.41) is 0. The van der Waals surface area contributed by atoms with Crippen molar-refractivity contribution in [2.75, 3.05) is 25.7 Å². The molecule has 0 aromatic carbocycles. The number of hydrogen-bond acceptors (Lipinski definition) is 3. The molecule has 110 valence electrons. The minimum atomic E-state index is 0.526. The predicted octanol–water partition coefficient (Wildman–Crippen LogP) is 3.50. The maximum atomic E-state index is 5.58. The molecule has 0 unspecified atom stereocenters. The standard InChI is InChI=1S/C16H22ClNO2/c1-14(2)6-8-19-9-10-20-16-11-15(12-18-13-16)5-3-4-7-17/h11-14H,4,6-10H2,1-2H3. The summed E-state index contributed by atoms with van der Waals surface area (Å²) in [5.41, 5.74) is 0.841. The van der Waals surface area contributed by atoms with E-state index in [1.165, 1.54) is 0 Å². The monoisotopic (exact) mass is 295 g/mol. The number of rotatable bonds is 8. The molecule has 1 heterocycles. The average molecular weight is 296 g/mol. The Morgan fingerprint density at radius 3 is 2.85 bits per heavy atom. The van der Waals surface area contributed by atoms with Crippen molar-refractivity contribution in [3.8, 4) is 17.6 Å². The summed E-state index contributed by atoms with van der Waals surface area (Å²) in [6.07, 6.45) is 5.15. The topological polar surface area (TPSA) is 31.4 Å². The van der Waals surface area contributed by atoms with E-state index in [1.54, 1.807) is 12.4 Å². The molecule has 0 bridgehead atoms. The molecule has 0 amide bonds. The zero-order valence-electron chi connectivity index (χ0n) is 12.2. The molecule has 0 atom stereocenters. The van der Waals surface area contributed by atoms with Crippen LogP contribution >= 0.6 is 11.6 Å². The van der Waals surface area contributed by atoms with Crippen LogP contribution in [-0.2, 0) is 4.74 Å². The van der Waals surface area contributed by atoms with Gasteiger partial charge >= 0.3 is 0 Å². The summed E-state index contributed by atoms with van der Waals surface area (Å²) in [7, 11) is 0. The molecule has 0 radical (unpaired) electrons. The van der Waals surface area contributed by atoms with Gasteiger partial charge in [-0.05, 0) is 18.4 Å². The van der Waals surface area contributed by atoms with E-state index < -0.39 is 0 Å². The SMILES string of the molecule is CC(C)CCOCCOc1cncc(C#CCCCl)c1. The van der Waals surface area contributed by atoms with Crippen LogP contribution < -0.4 is 4.74 Å². The predicted molar refractivity (Wildman–Crippen MR) is 82.2 cm³/mol. The van der Waals surface area contributed by atoms with Crippen LogP contribution in [0.5, 0.6) is 5.75 Å². The van der Waals surface area contributed by atoms with Gasteiger partial charge in [0.2, 0.25) is 0 Å². The van der Waals surface area contributed by atoms with E-state index in [2.05, 4.69) is 30.7 Å². The van der Waals surface area contributed by atoms with E-state index in [0.29, 0.717) is 31.4 Å². The largest absolute Gasteiger partial charge is 0.490 e. The Morgan fingerprint density at radius 2 is 2.10 bits per heavy atom. The summed E-state index contributed by atoms with van der Waals surface area (Å²) in [5.74, 6) is 7.91. The number of alkyl halides is 1.